The Bertz CT molecular complexity index is 276. The Labute approximate surface area is 79.8 Å². The van der Waals surface area contributed by atoms with Gasteiger partial charge in [0, 0.05) is 6.17 Å². The molecule has 0 aliphatic rings. The summed E-state index contributed by atoms with van der Waals surface area (Å²) in [6.45, 7) is 3.64. The van der Waals surface area contributed by atoms with Crippen LogP contribution in [0.25, 0.3) is 0 Å². The van der Waals surface area contributed by atoms with Gasteiger partial charge in [0.1, 0.15) is 0 Å². The zero-order valence-electron chi connectivity index (χ0n) is 7.61. The summed E-state index contributed by atoms with van der Waals surface area (Å²) >= 11 is 0. The second-order valence-corrected chi connectivity index (χ2v) is 6.55. The van der Waals surface area contributed by atoms with Crippen molar-refractivity contribution in [1.29, 1.82) is 0 Å². The summed E-state index contributed by atoms with van der Waals surface area (Å²) in [5.41, 5.74) is 5.59. The highest BCUT2D eigenvalue weighted by Crippen LogP contribution is 2.05. The first kappa shape index (κ1) is 10.2. The monoisotopic (exact) mass is 193 g/mol. The lowest BCUT2D eigenvalue weighted by Gasteiger charge is -2.21. The number of hydrogen-bond donors (Lipinski definition) is 2. The van der Waals surface area contributed by atoms with Crippen molar-refractivity contribution in [2.24, 2.45) is 5.73 Å². The Balaban J connectivity index is 2.95. The van der Waals surface area contributed by atoms with Crippen molar-refractivity contribution < 1.29 is 4.80 Å². The molecule has 3 N–H and O–H groups in total. The quantitative estimate of drug-likeness (QED) is 0.541. The average Bonchev–Trinajstić information content (AvgIpc) is 2.19. The van der Waals surface area contributed by atoms with E-state index < -0.39 is 8.32 Å². The van der Waals surface area contributed by atoms with E-state index in [1.165, 1.54) is 0 Å². The maximum atomic E-state index is 10.2. The number of allylic oxidation sites excluding steroid dienone is 1. The number of rotatable bonds is 4. The maximum absolute atomic E-state index is 10.2. The summed E-state index contributed by atoms with van der Waals surface area (Å²) in [4.78, 5) is 10.2. The third kappa shape index (κ3) is 2.27. The third-order valence-electron chi connectivity index (χ3n) is 2.13. The summed E-state index contributed by atoms with van der Waals surface area (Å²) < 4.78 is 0. The predicted molar refractivity (Wildman–Crippen MR) is 58.1 cm³/mol. The summed E-state index contributed by atoms with van der Waals surface area (Å²) in [6.07, 6.45) is 2.09. The largest absolute Gasteiger partial charge is 0.426 e. The van der Waals surface area contributed by atoms with Gasteiger partial charge in [-0.05, 0) is 11.2 Å². The first-order valence-corrected chi connectivity index (χ1v) is 6.68. The van der Waals surface area contributed by atoms with E-state index in [0.717, 1.165) is 5.19 Å². The predicted octanol–water partition coefficient (Wildman–Crippen LogP) is 0.515. The number of hydrogen-bond acceptors (Lipinski definition) is 2. The molecule has 1 aromatic rings. The van der Waals surface area contributed by atoms with Crippen LogP contribution in [-0.4, -0.2) is 19.3 Å². The number of nitrogens with two attached hydrogens (primary N) is 1. The molecule has 1 atom stereocenters. The van der Waals surface area contributed by atoms with Crippen LogP contribution >= 0.6 is 0 Å². The van der Waals surface area contributed by atoms with Crippen LogP contribution in [-0.2, 0) is 0 Å². The molecule has 0 aromatic heterocycles. The molecule has 2 nitrogen and oxygen atoms in total. The molecule has 70 valence electrons. The summed E-state index contributed by atoms with van der Waals surface area (Å²) in [5.74, 6) is 0. The molecule has 0 saturated heterocycles. The van der Waals surface area contributed by atoms with Crippen molar-refractivity contribution in [2.45, 2.75) is 6.04 Å². The van der Waals surface area contributed by atoms with Crippen molar-refractivity contribution in [3.05, 3.63) is 43.0 Å². The number of benzene rings is 1. The van der Waals surface area contributed by atoms with Gasteiger partial charge >= 0.3 is 0 Å². The van der Waals surface area contributed by atoms with Gasteiger partial charge in [0.25, 0.3) is 0 Å². The van der Waals surface area contributed by atoms with E-state index in [1.807, 2.05) is 30.3 Å². The second kappa shape index (κ2) is 4.37. The van der Waals surface area contributed by atoms with Crippen LogP contribution in [0.2, 0.25) is 6.04 Å². The minimum atomic E-state index is -2.44. The fraction of sp³-hybridized carbons (Fsp3) is 0.200. The molecule has 0 bridgehead atoms. The molecule has 0 aliphatic heterocycles. The van der Waals surface area contributed by atoms with Crippen LogP contribution in [0, 0.1) is 0 Å². The molecule has 0 spiro atoms. The van der Waals surface area contributed by atoms with E-state index in [9.17, 15) is 4.80 Å². The molecule has 1 unspecified atom stereocenters. The van der Waals surface area contributed by atoms with Gasteiger partial charge in [0.15, 0.2) is 0 Å². The lowest BCUT2D eigenvalue weighted by molar-refractivity contribution is 0.553. The zero-order valence-corrected chi connectivity index (χ0v) is 8.61. The van der Waals surface area contributed by atoms with Crippen molar-refractivity contribution in [3.8, 4) is 0 Å². The van der Waals surface area contributed by atoms with Gasteiger partial charge in [-0.15, -0.1) is 6.58 Å². The molecular formula is C10H15NOSi. The molecule has 0 heterocycles. The van der Waals surface area contributed by atoms with Gasteiger partial charge in [0.2, 0.25) is 8.32 Å². The van der Waals surface area contributed by atoms with Gasteiger partial charge in [0.05, 0.1) is 0 Å². The van der Waals surface area contributed by atoms with E-state index in [0.29, 0.717) is 12.2 Å². The fourth-order valence-corrected chi connectivity index (χ4v) is 3.23. The summed E-state index contributed by atoms with van der Waals surface area (Å²) in [7, 11) is -2.44. The Morgan fingerprint density at radius 2 is 2.00 bits per heavy atom. The molecule has 0 saturated carbocycles. The minimum absolute atomic E-state index is 0.350. The normalized spacial score (nSPS) is 14.9. The molecular weight excluding hydrogens is 178 g/mol. The average molecular weight is 193 g/mol. The molecule has 1 aromatic carbocycles. The fourth-order valence-electron chi connectivity index (χ4n) is 1.31. The molecule has 0 amide bonds. The minimum Gasteiger partial charge on any atom is -0.426 e. The van der Waals surface area contributed by atoms with Crippen molar-refractivity contribution in [1.82, 2.24) is 0 Å². The smallest absolute Gasteiger partial charge is 0.237 e. The van der Waals surface area contributed by atoms with E-state index in [4.69, 9.17) is 5.73 Å². The van der Waals surface area contributed by atoms with Crippen molar-refractivity contribution in [2.75, 3.05) is 6.17 Å². The molecule has 3 heteroatoms. The lowest BCUT2D eigenvalue weighted by Crippen LogP contribution is -2.54. The van der Waals surface area contributed by atoms with Crippen molar-refractivity contribution in [3.63, 3.8) is 0 Å². The van der Waals surface area contributed by atoms with Crippen LogP contribution in [0.1, 0.15) is 0 Å². The Kier molecular flexibility index (Phi) is 3.42. The molecule has 0 fully saturated rings. The van der Waals surface area contributed by atoms with Crippen LogP contribution in [0.5, 0.6) is 0 Å². The van der Waals surface area contributed by atoms with Crippen LogP contribution in [0.3, 0.4) is 0 Å². The first-order valence-electron chi connectivity index (χ1n) is 4.32. The van der Waals surface area contributed by atoms with Crippen LogP contribution in [0.4, 0.5) is 0 Å². The van der Waals surface area contributed by atoms with Crippen LogP contribution in [0.15, 0.2) is 43.0 Å². The van der Waals surface area contributed by atoms with E-state index >= 15 is 0 Å². The van der Waals surface area contributed by atoms with Gasteiger partial charge < -0.3 is 10.5 Å². The third-order valence-corrected chi connectivity index (χ3v) is 5.18. The van der Waals surface area contributed by atoms with Crippen molar-refractivity contribution >= 4 is 13.5 Å². The maximum Gasteiger partial charge on any atom is 0.237 e. The van der Waals surface area contributed by atoms with Crippen LogP contribution < -0.4 is 10.9 Å². The SMILES string of the molecule is C=CC[Si](O)(CN)c1ccccc1. The first-order chi connectivity index (χ1) is 6.23. The van der Waals surface area contributed by atoms with E-state index in [1.54, 1.807) is 6.08 Å². The highest BCUT2D eigenvalue weighted by Gasteiger charge is 2.29. The zero-order chi connectivity index (χ0) is 9.73. The molecule has 0 radical (unpaired) electrons. The van der Waals surface area contributed by atoms with Gasteiger partial charge in [-0.1, -0.05) is 36.4 Å². The topological polar surface area (TPSA) is 46.2 Å². The molecule has 0 aliphatic carbocycles. The summed E-state index contributed by atoms with van der Waals surface area (Å²) in [5, 5.41) is 0.984. The van der Waals surface area contributed by atoms with E-state index in [-0.39, 0.29) is 0 Å². The highest BCUT2D eigenvalue weighted by atomic mass is 28.4. The van der Waals surface area contributed by atoms with Gasteiger partial charge in [-0.25, -0.2) is 0 Å². The lowest BCUT2D eigenvalue weighted by atomic mass is 10.4. The summed E-state index contributed by atoms with van der Waals surface area (Å²) in [6, 6.07) is 10.3. The highest BCUT2D eigenvalue weighted by molar-refractivity contribution is 6.85. The van der Waals surface area contributed by atoms with E-state index in [2.05, 4.69) is 6.58 Å². The molecule has 13 heavy (non-hydrogen) atoms. The Hall–Kier alpha value is -0.903. The standard InChI is InChI=1S/C10H15NOSi/c1-2-8-13(12,9-11)10-6-4-3-5-7-10/h2-7,12H,1,8-9,11H2. The second-order valence-electron chi connectivity index (χ2n) is 3.09. The molecule has 1 rings (SSSR count). The Morgan fingerprint density at radius 1 is 1.38 bits per heavy atom. The Morgan fingerprint density at radius 3 is 2.46 bits per heavy atom. The van der Waals surface area contributed by atoms with Gasteiger partial charge in [-0.3, -0.25) is 0 Å². The van der Waals surface area contributed by atoms with Gasteiger partial charge in [-0.2, -0.15) is 0 Å².